The molecule has 0 amide bonds. The molecule has 0 aliphatic carbocycles. The number of aromatic nitrogens is 2. The van der Waals surface area contributed by atoms with E-state index in [-0.39, 0.29) is 5.95 Å². The standard InChI is InChI=1S/C15H12F4N4O/c1-7(12-5-8-10(16)3-2-4-11(8)24-12)22-14-21-6-9(13(20)23-14)15(17,18)19/h2-7H,1H3,(H3,20,21,22,23). The van der Waals surface area contributed by atoms with Gasteiger partial charge in [0.05, 0.1) is 11.4 Å². The van der Waals surface area contributed by atoms with Crippen LogP contribution in [-0.2, 0) is 6.18 Å². The number of nitrogens with zero attached hydrogens (tertiary/aromatic N) is 2. The number of halogens is 4. The highest BCUT2D eigenvalue weighted by molar-refractivity contribution is 5.78. The Labute approximate surface area is 133 Å². The van der Waals surface area contributed by atoms with E-state index in [1.54, 1.807) is 13.0 Å². The summed E-state index contributed by atoms with van der Waals surface area (Å²) in [6.07, 6.45) is -4.01. The number of hydrogen-bond acceptors (Lipinski definition) is 5. The monoisotopic (exact) mass is 340 g/mol. The van der Waals surface area contributed by atoms with Crippen molar-refractivity contribution in [1.29, 1.82) is 0 Å². The third-order valence-electron chi connectivity index (χ3n) is 3.42. The molecule has 0 aliphatic rings. The predicted octanol–water partition coefficient (Wildman–Crippen LogP) is 4.14. The highest BCUT2D eigenvalue weighted by Gasteiger charge is 2.34. The summed E-state index contributed by atoms with van der Waals surface area (Å²) >= 11 is 0. The maximum Gasteiger partial charge on any atom is 0.421 e. The zero-order valence-electron chi connectivity index (χ0n) is 12.4. The first kappa shape index (κ1) is 16.0. The summed E-state index contributed by atoms with van der Waals surface area (Å²) in [4.78, 5) is 7.20. The molecule has 126 valence electrons. The first-order chi connectivity index (χ1) is 11.3. The summed E-state index contributed by atoms with van der Waals surface area (Å²) in [7, 11) is 0. The molecule has 3 N–H and O–H groups in total. The minimum atomic E-state index is -4.62. The Hall–Kier alpha value is -2.84. The average Bonchev–Trinajstić information content (AvgIpc) is 2.91. The van der Waals surface area contributed by atoms with E-state index in [1.165, 1.54) is 18.2 Å². The van der Waals surface area contributed by atoms with Crippen LogP contribution in [0.5, 0.6) is 0 Å². The molecule has 2 heterocycles. The number of anilines is 2. The van der Waals surface area contributed by atoms with Crippen LogP contribution in [0.2, 0.25) is 0 Å². The van der Waals surface area contributed by atoms with Crippen LogP contribution < -0.4 is 11.1 Å². The maximum atomic E-state index is 13.7. The number of hydrogen-bond donors (Lipinski definition) is 2. The van der Waals surface area contributed by atoms with Gasteiger partial charge >= 0.3 is 6.18 Å². The molecule has 3 rings (SSSR count). The van der Waals surface area contributed by atoms with Crippen LogP contribution in [0.3, 0.4) is 0 Å². The maximum absolute atomic E-state index is 13.7. The largest absolute Gasteiger partial charge is 0.459 e. The molecule has 0 bridgehead atoms. The van der Waals surface area contributed by atoms with Gasteiger partial charge in [-0.2, -0.15) is 18.2 Å². The van der Waals surface area contributed by atoms with Gasteiger partial charge in [-0.1, -0.05) is 6.07 Å². The fraction of sp³-hybridized carbons (Fsp3) is 0.200. The van der Waals surface area contributed by atoms with Gasteiger partial charge in [-0.25, -0.2) is 9.37 Å². The number of nitrogens with one attached hydrogen (secondary N) is 1. The van der Waals surface area contributed by atoms with Crippen molar-refractivity contribution in [2.24, 2.45) is 0 Å². The molecule has 0 saturated heterocycles. The smallest absolute Gasteiger partial charge is 0.421 e. The molecule has 24 heavy (non-hydrogen) atoms. The topological polar surface area (TPSA) is 77.0 Å². The van der Waals surface area contributed by atoms with Crippen molar-refractivity contribution in [3.8, 4) is 0 Å². The van der Waals surface area contributed by atoms with Crippen molar-refractivity contribution in [1.82, 2.24) is 9.97 Å². The summed E-state index contributed by atoms with van der Waals surface area (Å²) in [6.45, 7) is 1.67. The Kier molecular flexibility index (Phi) is 3.78. The number of nitrogens with two attached hydrogens (primary N) is 1. The van der Waals surface area contributed by atoms with E-state index in [4.69, 9.17) is 10.2 Å². The minimum absolute atomic E-state index is 0.0890. The highest BCUT2D eigenvalue weighted by Crippen LogP contribution is 2.33. The summed E-state index contributed by atoms with van der Waals surface area (Å²) in [5, 5.41) is 3.09. The highest BCUT2D eigenvalue weighted by atomic mass is 19.4. The lowest BCUT2D eigenvalue weighted by Gasteiger charge is -2.13. The number of rotatable bonds is 3. The third kappa shape index (κ3) is 2.97. The molecular formula is C15H12F4N4O. The third-order valence-corrected chi connectivity index (χ3v) is 3.42. The van der Waals surface area contributed by atoms with Gasteiger partial charge in [-0.15, -0.1) is 0 Å². The Morgan fingerprint density at radius 1 is 1.29 bits per heavy atom. The SMILES string of the molecule is CC(Nc1ncc(C(F)(F)F)c(N)n1)c1cc2c(F)cccc2o1. The Morgan fingerprint density at radius 3 is 2.67 bits per heavy atom. The van der Waals surface area contributed by atoms with Gasteiger partial charge in [-0.05, 0) is 25.1 Å². The van der Waals surface area contributed by atoms with Crippen LogP contribution in [0, 0.1) is 5.82 Å². The van der Waals surface area contributed by atoms with Crippen molar-refractivity contribution in [3.63, 3.8) is 0 Å². The van der Waals surface area contributed by atoms with Crippen LogP contribution in [-0.4, -0.2) is 9.97 Å². The second kappa shape index (κ2) is 5.66. The molecule has 0 spiro atoms. The number of alkyl halides is 3. The number of fused-ring (bicyclic) bond motifs is 1. The van der Waals surface area contributed by atoms with Crippen LogP contribution in [0.1, 0.15) is 24.3 Å². The molecule has 1 unspecified atom stereocenters. The molecule has 5 nitrogen and oxygen atoms in total. The summed E-state index contributed by atoms with van der Waals surface area (Å²) < 4.78 is 57.1. The number of nitrogen functional groups attached to an aromatic ring is 1. The van der Waals surface area contributed by atoms with E-state index >= 15 is 0 Å². The predicted molar refractivity (Wildman–Crippen MR) is 79.7 cm³/mol. The van der Waals surface area contributed by atoms with E-state index in [0.717, 1.165) is 0 Å². The summed E-state index contributed by atoms with van der Waals surface area (Å²) in [5.74, 6) is -0.807. The van der Waals surface area contributed by atoms with Gasteiger partial charge in [-0.3, -0.25) is 0 Å². The quantitative estimate of drug-likeness (QED) is 0.701. The lowest BCUT2D eigenvalue weighted by Crippen LogP contribution is -2.14. The second-order valence-corrected chi connectivity index (χ2v) is 5.16. The second-order valence-electron chi connectivity index (χ2n) is 5.16. The van der Waals surface area contributed by atoms with Gasteiger partial charge in [0.2, 0.25) is 5.95 Å². The molecule has 0 aliphatic heterocycles. The summed E-state index contributed by atoms with van der Waals surface area (Å²) in [6, 6.07) is 5.44. The molecule has 9 heteroatoms. The number of furan rings is 1. The Morgan fingerprint density at radius 2 is 2.04 bits per heavy atom. The molecule has 0 fully saturated rings. The van der Waals surface area contributed by atoms with Gasteiger partial charge < -0.3 is 15.5 Å². The van der Waals surface area contributed by atoms with Crippen LogP contribution in [0.15, 0.2) is 34.9 Å². The lowest BCUT2D eigenvalue weighted by molar-refractivity contribution is -0.137. The zero-order valence-corrected chi connectivity index (χ0v) is 12.4. The van der Waals surface area contributed by atoms with Crippen molar-refractivity contribution >= 4 is 22.7 Å². The first-order valence-corrected chi connectivity index (χ1v) is 6.90. The molecular weight excluding hydrogens is 328 g/mol. The van der Waals surface area contributed by atoms with Gasteiger partial charge in [0, 0.05) is 6.20 Å². The molecule has 0 saturated carbocycles. The summed E-state index contributed by atoms with van der Waals surface area (Å²) in [5.41, 5.74) is 4.58. The van der Waals surface area contributed by atoms with Gasteiger partial charge in [0.25, 0.3) is 0 Å². The Balaban J connectivity index is 1.85. The van der Waals surface area contributed by atoms with Crippen LogP contribution in [0.25, 0.3) is 11.0 Å². The van der Waals surface area contributed by atoms with Crippen LogP contribution in [0.4, 0.5) is 29.3 Å². The minimum Gasteiger partial charge on any atom is -0.459 e. The first-order valence-electron chi connectivity index (χ1n) is 6.90. The molecule has 1 atom stereocenters. The Bertz CT molecular complexity index is 891. The average molecular weight is 340 g/mol. The fourth-order valence-electron chi connectivity index (χ4n) is 2.21. The van der Waals surface area contributed by atoms with E-state index in [1.807, 2.05) is 0 Å². The lowest BCUT2D eigenvalue weighted by atomic mass is 10.2. The van der Waals surface area contributed by atoms with E-state index < -0.39 is 29.4 Å². The molecule has 3 aromatic rings. The van der Waals surface area contributed by atoms with Crippen molar-refractivity contribution < 1.29 is 22.0 Å². The fourth-order valence-corrected chi connectivity index (χ4v) is 2.21. The van der Waals surface area contributed by atoms with Gasteiger partial charge in [0.1, 0.15) is 28.5 Å². The molecule has 2 aromatic heterocycles. The zero-order chi connectivity index (χ0) is 17.5. The van der Waals surface area contributed by atoms with E-state index in [0.29, 0.717) is 22.9 Å². The molecule has 1 aromatic carbocycles. The normalized spacial score (nSPS) is 13.2. The van der Waals surface area contributed by atoms with Crippen molar-refractivity contribution in [2.75, 3.05) is 11.1 Å². The van der Waals surface area contributed by atoms with Crippen molar-refractivity contribution in [3.05, 3.63) is 47.6 Å². The van der Waals surface area contributed by atoms with E-state index in [9.17, 15) is 17.6 Å². The van der Waals surface area contributed by atoms with E-state index in [2.05, 4.69) is 15.3 Å². The van der Waals surface area contributed by atoms with Gasteiger partial charge in [0.15, 0.2) is 0 Å². The number of benzene rings is 1. The van der Waals surface area contributed by atoms with Crippen molar-refractivity contribution in [2.45, 2.75) is 19.1 Å². The van der Waals surface area contributed by atoms with Crippen LogP contribution >= 0.6 is 0 Å². The molecule has 0 radical (unpaired) electrons.